The number of hydrogen-bond acceptors (Lipinski definition) is 3. The van der Waals surface area contributed by atoms with Crippen molar-refractivity contribution >= 4 is 11.0 Å². The summed E-state index contributed by atoms with van der Waals surface area (Å²) in [5, 5.41) is 0. The summed E-state index contributed by atoms with van der Waals surface area (Å²) >= 11 is 0. The van der Waals surface area contributed by atoms with Gasteiger partial charge in [-0.3, -0.25) is 0 Å². The first-order valence-electron chi connectivity index (χ1n) is 9.59. The van der Waals surface area contributed by atoms with E-state index in [-0.39, 0.29) is 22.5 Å². The first kappa shape index (κ1) is 21.5. The van der Waals surface area contributed by atoms with Gasteiger partial charge in [0.05, 0.1) is 28.9 Å². The normalized spacial score (nSPS) is 19.3. The maximum Gasteiger partial charge on any atom is 0.157 e. The molecule has 1 saturated heterocycles. The van der Waals surface area contributed by atoms with Crippen LogP contribution in [0.3, 0.4) is 0 Å². The van der Waals surface area contributed by atoms with Crippen molar-refractivity contribution in [3.63, 3.8) is 0 Å². The Labute approximate surface area is 161 Å². The third kappa shape index (κ3) is 6.15. The molecule has 26 heavy (non-hydrogen) atoms. The topological polar surface area (TPSA) is 47.6 Å². The molecule has 0 aromatic heterocycles. The Morgan fingerprint density at radius 3 is 2.31 bits per heavy atom. The number of rotatable bonds is 6. The fourth-order valence-electron chi connectivity index (χ4n) is 3.07. The maximum absolute atomic E-state index is 12.8. The zero-order chi connectivity index (χ0) is 19.4. The van der Waals surface area contributed by atoms with Gasteiger partial charge in [0.25, 0.3) is 0 Å². The fourth-order valence-corrected chi connectivity index (χ4v) is 3.93. The Morgan fingerprint density at radius 2 is 1.73 bits per heavy atom. The summed E-state index contributed by atoms with van der Waals surface area (Å²) in [7, 11) is -1.14. The van der Waals surface area contributed by atoms with Crippen LogP contribution in [0.4, 0.5) is 0 Å². The molecule has 1 aromatic carbocycles. The number of hydrogen-bond donors (Lipinski definition) is 1. The average molecular weight is 382 g/mol. The van der Waals surface area contributed by atoms with E-state index in [0.717, 1.165) is 32.5 Å². The molecular weight excluding hydrogens is 346 g/mol. The highest BCUT2D eigenvalue weighted by Gasteiger charge is 2.28. The Bertz CT molecular complexity index is 598. The fraction of sp³-hybridized carbons (Fsp3) is 0.714. The number of ether oxygens (including phenoxy) is 2. The molecule has 0 aliphatic carbocycles. The molecule has 1 aromatic rings. The highest BCUT2D eigenvalue weighted by atomic mass is 32.2. The molecule has 0 saturated carbocycles. The summed E-state index contributed by atoms with van der Waals surface area (Å²) < 4.78 is 27.3. The molecule has 0 bridgehead atoms. The van der Waals surface area contributed by atoms with Crippen LogP contribution in [0.15, 0.2) is 24.3 Å². The van der Waals surface area contributed by atoms with Crippen molar-refractivity contribution in [2.24, 2.45) is 0 Å². The van der Waals surface area contributed by atoms with Crippen LogP contribution in [0.25, 0.3) is 0 Å². The van der Waals surface area contributed by atoms with Gasteiger partial charge < -0.3 is 9.47 Å². The van der Waals surface area contributed by atoms with Gasteiger partial charge in [-0.25, -0.2) is 8.93 Å². The van der Waals surface area contributed by atoms with E-state index in [1.165, 1.54) is 11.1 Å². The van der Waals surface area contributed by atoms with E-state index in [9.17, 15) is 4.21 Å². The first-order valence-corrected chi connectivity index (χ1v) is 10.7. The molecule has 0 radical (unpaired) electrons. The minimum absolute atomic E-state index is 0.000361. The van der Waals surface area contributed by atoms with Crippen LogP contribution in [0.2, 0.25) is 0 Å². The minimum Gasteiger partial charge on any atom is -0.353 e. The van der Waals surface area contributed by atoms with Gasteiger partial charge in [0.1, 0.15) is 0 Å². The molecule has 0 amide bonds. The predicted molar refractivity (Wildman–Crippen MR) is 108 cm³/mol. The quantitative estimate of drug-likeness (QED) is 0.782. The summed E-state index contributed by atoms with van der Waals surface area (Å²) in [6.07, 6.45) is 2.41. The molecule has 1 aliphatic heterocycles. The van der Waals surface area contributed by atoms with Gasteiger partial charge in [0.15, 0.2) is 6.29 Å². The lowest BCUT2D eigenvalue weighted by Crippen LogP contribution is -2.37. The second kappa shape index (κ2) is 8.96. The molecule has 2 atom stereocenters. The predicted octanol–water partition coefficient (Wildman–Crippen LogP) is 4.62. The Kier molecular flexibility index (Phi) is 7.43. The van der Waals surface area contributed by atoms with Crippen LogP contribution in [0, 0.1) is 0 Å². The van der Waals surface area contributed by atoms with Crippen LogP contribution >= 0.6 is 0 Å². The third-order valence-corrected chi connectivity index (χ3v) is 6.15. The lowest BCUT2D eigenvalue weighted by atomic mass is 9.81. The van der Waals surface area contributed by atoms with E-state index in [0.29, 0.717) is 0 Å². The lowest BCUT2D eigenvalue weighted by molar-refractivity contribution is -0.182. The van der Waals surface area contributed by atoms with Gasteiger partial charge in [-0.1, -0.05) is 45.0 Å². The first-order chi connectivity index (χ1) is 12.1. The molecular formula is C21H35NO3S. The van der Waals surface area contributed by atoms with Crippen LogP contribution in [0.5, 0.6) is 0 Å². The SMILES string of the molecule is CC(C)(C)c1ccccc1[C@H](CCC1OCCCO1)N[S@](=O)C(C)(C)C. The summed E-state index contributed by atoms with van der Waals surface area (Å²) in [5.41, 5.74) is 2.53. The van der Waals surface area contributed by atoms with Gasteiger partial charge in [-0.2, -0.15) is 0 Å². The van der Waals surface area contributed by atoms with E-state index >= 15 is 0 Å². The van der Waals surface area contributed by atoms with Gasteiger partial charge in [-0.05, 0) is 50.2 Å². The second-order valence-corrected chi connectivity index (χ2v) is 11.0. The van der Waals surface area contributed by atoms with Gasteiger partial charge in [0, 0.05) is 12.5 Å². The zero-order valence-electron chi connectivity index (χ0n) is 17.1. The van der Waals surface area contributed by atoms with Crippen molar-refractivity contribution in [1.29, 1.82) is 0 Å². The van der Waals surface area contributed by atoms with Crippen LogP contribution in [0.1, 0.15) is 78.0 Å². The zero-order valence-corrected chi connectivity index (χ0v) is 17.9. The standard InChI is InChI=1S/C21H35NO3S/c1-20(2,3)17-11-8-7-10-16(17)18(22-26(23)21(4,5)6)12-13-19-24-14-9-15-25-19/h7-8,10-11,18-19,22H,9,12-15H2,1-6H3/t18-,26+/m0/s1. The van der Waals surface area contributed by atoms with E-state index in [1.54, 1.807) is 0 Å². The molecule has 1 heterocycles. The van der Waals surface area contributed by atoms with Gasteiger partial charge in [-0.15, -0.1) is 0 Å². The largest absolute Gasteiger partial charge is 0.353 e. The summed E-state index contributed by atoms with van der Waals surface area (Å²) in [6.45, 7) is 14.2. The van der Waals surface area contributed by atoms with Crippen molar-refractivity contribution in [3.8, 4) is 0 Å². The van der Waals surface area contributed by atoms with Gasteiger partial charge >= 0.3 is 0 Å². The maximum atomic E-state index is 12.8. The average Bonchev–Trinajstić information content (AvgIpc) is 2.57. The number of nitrogens with one attached hydrogen (secondary N) is 1. The molecule has 0 unspecified atom stereocenters. The molecule has 2 rings (SSSR count). The third-order valence-electron chi connectivity index (χ3n) is 4.54. The summed E-state index contributed by atoms with van der Waals surface area (Å²) in [6, 6.07) is 8.47. The van der Waals surface area contributed by atoms with Crippen LogP contribution in [-0.4, -0.2) is 28.5 Å². The minimum atomic E-state index is -1.14. The second-order valence-electron chi connectivity index (χ2n) is 8.99. The monoisotopic (exact) mass is 381 g/mol. The molecule has 1 aliphatic rings. The van der Waals surface area contributed by atoms with E-state index in [2.05, 4.69) is 49.8 Å². The molecule has 0 spiro atoms. The van der Waals surface area contributed by atoms with E-state index < -0.39 is 11.0 Å². The van der Waals surface area contributed by atoms with Crippen molar-refractivity contribution in [2.75, 3.05) is 13.2 Å². The van der Waals surface area contributed by atoms with E-state index in [1.807, 2.05) is 20.8 Å². The van der Waals surface area contributed by atoms with Crippen molar-refractivity contribution < 1.29 is 13.7 Å². The summed E-state index contributed by atoms with van der Waals surface area (Å²) in [4.78, 5) is 0. The van der Waals surface area contributed by atoms with Crippen LogP contribution < -0.4 is 4.72 Å². The number of benzene rings is 1. The lowest BCUT2D eigenvalue weighted by Gasteiger charge is -2.31. The highest BCUT2D eigenvalue weighted by Crippen LogP contribution is 2.33. The Balaban J connectivity index is 2.24. The molecule has 1 fully saturated rings. The molecule has 1 N–H and O–H groups in total. The van der Waals surface area contributed by atoms with Crippen molar-refractivity contribution in [1.82, 2.24) is 4.72 Å². The van der Waals surface area contributed by atoms with Crippen molar-refractivity contribution in [3.05, 3.63) is 35.4 Å². The Hall–Kier alpha value is -0.750. The highest BCUT2D eigenvalue weighted by molar-refractivity contribution is 7.84. The molecule has 148 valence electrons. The van der Waals surface area contributed by atoms with Crippen LogP contribution in [-0.2, 0) is 25.9 Å². The molecule has 5 heteroatoms. The van der Waals surface area contributed by atoms with Crippen molar-refractivity contribution in [2.45, 2.75) is 83.3 Å². The smallest absolute Gasteiger partial charge is 0.157 e. The molecule has 4 nitrogen and oxygen atoms in total. The summed E-state index contributed by atoms with van der Waals surface area (Å²) in [5.74, 6) is 0. The van der Waals surface area contributed by atoms with Gasteiger partial charge in [0.2, 0.25) is 0 Å². The Morgan fingerprint density at radius 1 is 1.12 bits per heavy atom. The van der Waals surface area contributed by atoms with E-state index in [4.69, 9.17) is 9.47 Å².